The predicted octanol–water partition coefficient (Wildman–Crippen LogP) is 1.57. The van der Waals surface area contributed by atoms with Crippen LogP contribution in [0.15, 0.2) is 24.5 Å². The van der Waals surface area contributed by atoms with Crippen LogP contribution in [0.25, 0.3) is 0 Å². The molecule has 1 heterocycles. The number of esters is 1. The Morgan fingerprint density at radius 2 is 2.21 bits per heavy atom. The van der Waals surface area contributed by atoms with Gasteiger partial charge >= 0.3 is 11.4 Å². The van der Waals surface area contributed by atoms with Crippen molar-refractivity contribution < 1.29 is 19.1 Å². The minimum atomic E-state index is -1.02. The summed E-state index contributed by atoms with van der Waals surface area (Å²) in [5, 5.41) is 0. The zero-order valence-corrected chi connectivity index (χ0v) is 7.73. The standard InChI is InChI=1S/C8H6ClNO4/c9-8(12)14-5-13-7(11)6-2-1-3-10-4-6/h1-4H,5H2. The van der Waals surface area contributed by atoms with Crippen molar-refractivity contribution in [2.24, 2.45) is 0 Å². The van der Waals surface area contributed by atoms with Gasteiger partial charge in [-0.1, -0.05) is 0 Å². The lowest BCUT2D eigenvalue weighted by Crippen LogP contribution is -2.09. The van der Waals surface area contributed by atoms with E-state index in [1.165, 1.54) is 18.5 Å². The Kier molecular flexibility index (Phi) is 3.87. The van der Waals surface area contributed by atoms with Crippen molar-refractivity contribution >= 4 is 23.0 Å². The number of hydrogen-bond donors (Lipinski definition) is 0. The molecule has 0 N–H and O–H groups in total. The van der Waals surface area contributed by atoms with Gasteiger partial charge in [-0.25, -0.2) is 9.59 Å². The predicted molar refractivity (Wildman–Crippen MR) is 46.9 cm³/mol. The monoisotopic (exact) mass is 215 g/mol. The fourth-order valence-corrected chi connectivity index (χ4v) is 0.741. The number of carbonyl (C=O) groups excluding carboxylic acids is 2. The summed E-state index contributed by atoms with van der Waals surface area (Å²) in [6.45, 7) is -0.504. The Labute approximate surface area is 84.6 Å². The second kappa shape index (κ2) is 5.18. The van der Waals surface area contributed by atoms with Gasteiger partial charge in [-0.15, -0.1) is 0 Å². The number of pyridine rings is 1. The summed E-state index contributed by atoms with van der Waals surface area (Å²) in [7, 11) is 0. The minimum Gasteiger partial charge on any atom is -0.424 e. The normalized spacial score (nSPS) is 9.21. The van der Waals surface area contributed by atoms with Crippen molar-refractivity contribution in [1.82, 2.24) is 4.98 Å². The zero-order chi connectivity index (χ0) is 10.4. The Morgan fingerprint density at radius 1 is 1.43 bits per heavy atom. The molecule has 0 amide bonds. The van der Waals surface area contributed by atoms with Gasteiger partial charge in [-0.05, 0) is 12.1 Å². The maximum Gasteiger partial charge on any atom is 0.406 e. The molecule has 0 aliphatic heterocycles. The average Bonchev–Trinajstić information content (AvgIpc) is 2.18. The number of rotatable bonds is 3. The fourth-order valence-electron chi connectivity index (χ4n) is 0.696. The number of carbonyl (C=O) groups is 2. The summed E-state index contributed by atoms with van der Waals surface area (Å²) in [6.07, 6.45) is 2.86. The Balaban J connectivity index is 2.40. The summed E-state index contributed by atoms with van der Waals surface area (Å²) >= 11 is 4.84. The average molecular weight is 216 g/mol. The largest absolute Gasteiger partial charge is 0.424 e. The Morgan fingerprint density at radius 3 is 2.79 bits per heavy atom. The molecule has 5 nitrogen and oxygen atoms in total. The van der Waals surface area contributed by atoms with E-state index in [0.717, 1.165) is 0 Å². The van der Waals surface area contributed by atoms with E-state index in [2.05, 4.69) is 14.5 Å². The number of halogens is 1. The maximum absolute atomic E-state index is 11.1. The second-order valence-corrected chi connectivity index (χ2v) is 2.48. The van der Waals surface area contributed by atoms with Gasteiger partial charge in [0.15, 0.2) is 0 Å². The molecule has 6 heteroatoms. The zero-order valence-electron chi connectivity index (χ0n) is 6.97. The van der Waals surface area contributed by atoms with Crippen molar-refractivity contribution in [1.29, 1.82) is 0 Å². The first-order chi connectivity index (χ1) is 6.70. The summed E-state index contributed by atoms with van der Waals surface area (Å²) in [5.74, 6) is -0.629. The molecule has 0 aliphatic carbocycles. The van der Waals surface area contributed by atoms with Gasteiger partial charge in [0.05, 0.1) is 5.56 Å². The van der Waals surface area contributed by atoms with Crippen molar-refractivity contribution in [2.75, 3.05) is 6.79 Å². The lowest BCUT2D eigenvalue weighted by molar-refractivity contribution is 0.00368. The fraction of sp³-hybridized carbons (Fsp3) is 0.125. The molecular weight excluding hydrogens is 210 g/mol. The molecule has 0 saturated carbocycles. The van der Waals surface area contributed by atoms with Crippen LogP contribution in [0.5, 0.6) is 0 Å². The highest BCUT2D eigenvalue weighted by atomic mass is 35.5. The molecule has 0 fully saturated rings. The third kappa shape index (κ3) is 3.40. The summed E-state index contributed by atoms with van der Waals surface area (Å²) in [6, 6.07) is 3.11. The smallest absolute Gasteiger partial charge is 0.406 e. The molecule has 0 radical (unpaired) electrons. The Hall–Kier alpha value is -1.62. The quantitative estimate of drug-likeness (QED) is 0.435. The first kappa shape index (κ1) is 10.5. The van der Waals surface area contributed by atoms with E-state index in [0.29, 0.717) is 0 Å². The molecule has 0 spiro atoms. The van der Waals surface area contributed by atoms with Crippen molar-refractivity contribution in [2.45, 2.75) is 0 Å². The van der Waals surface area contributed by atoms with E-state index in [1.54, 1.807) is 6.07 Å². The van der Waals surface area contributed by atoms with E-state index in [1.807, 2.05) is 0 Å². The lowest BCUT2D eigenvalue weighted by Gasteiger charge is -2.02. The first-order valence-electron chi connectivity index (χ1n) is 3.59. The van der Waals surface area contributed by atoms with Gasteiger partial charge in [0, 0.05) is 24.0 Å². The molecule has 14 heavy (non-hydrogen) atoms. The van der Waals surface area contributed by atoms with Gasteiger partial charge in [0.25, 0.3) is 0 Å². The van der Waals surface area contributed by atoms with Crippen LogP contribution in [0.2, 0.25) is 0 Å². The van der Waals surface area contributed by atoms with E-state index < -0.39 is 18.2 Å². The van der Waals surface area contributed by atoms with E-state index >= 15 is 0 Å². The SMILES string of the molecule is O=C(Cl)OCOC(=O)c1cccnc1. The third-order valence-electron chi connectivity index (χ3n) is 1.26. The number of ether oxygens (including phenoxy) is 2. The van der Waals surface area contributed by atoms with Crippen molar-refractivity contribution in [3.63, 3.8) is 0 Å². The van der Waals surface area contributed by atoms with Crippen LogP contribution in [0, 0.1) is 0 Å². The van der Waals surface area contributed by atoms with Gasteiger partial charge in [-0.2, -0.15) is 0 Å². The van der Waals surface area contributed by atoms with Gasteiger partial charge < -0.3 is 9.47 Å². The molecule has 0 aromatic carbocycles. The van der Waals surface area contributed by atoms with E-state index in [4.69, 9.17) is 11.6 Å². The molecule has 1 aromatic rings. The van der Waals surface area contributed by atoms with Gasteiger partial charge in [0.1, 0.15) is 0 Å². The number of aromatic nitrogens is 1. The lowest BCUT2D eigenvalue weighted by atomic mass is 10.3. The molecule has 1 rings (SSSR count). The number of nitrogens with zero attached hydrogens (tertiary/aromatic N) is 1. The van der Waals surface area contributed by atoms with Crippen molar-refractivity contribution in [3.8, 4) is 0 Å². The molecule has 0 aliphatic rings. The van der Waals surface area contributed by atoms with E-state index in [-0.39, 0.29) is 5.56 Å². The van der Waals surface area contributed by atoms with Gasteiger partial charge in [-0.3, -0.25) is 4.98 Å². The molecule has 0 atom stereocenters. The first-order valence-corrected chi connectivity index (χ1v) is 3.97. The molecule has 0 bridgehead atoms. The summed E-state index contributed by atoms with van der Waals surface area (Å²) in [5.41, 5.74) is -0.748. The van der Waals surface area contributed by atoms with Crippen LogP contribution in [0.4, 0.5) is 4.79 Å². The van der Waals surface area contributed by atoms with Crippen LogP contribution < -0.4 is 0 Å². The molecule has 74 valence electrons. The Bertz CT molecular complexity index is 327. The highest BCUT2D eigenvalue weighted by molar-refractivity contribution is 6.61. The highest BCUT2D eigenvalue weighted by Gasteiger charge is 2.06. The molecule has 0 unspecified atom stereocenters. The van der Waals surface area contributed by atoms with Crippen LogP contribution in [-0.4, -0.2) is 23.2 Å². The molecule has 1 aromatic heterocycles. The van der Waals surface area contributed by atoms with Crippen LogP contribution in [0.3, 0.4) is 0 Å². The topological polar surface area (TPSA) is 65.5 Å². The highest BCUT2D eigenvalue weighted by Crippen LogP contribution is 1.99. The van der Waals surface area contributed by atoms with Crippen LogP contribution in [0.1, 0.15) is 10.4 Å². The number of hydrogen-bond acceptors (Lipinski definition) is 5. The molecular formula is C8H6ClNO4. The van der Waals surface area contributed by atoms with E-state index in [9.17, 15) is 9.59 Å². The second-order valence-electron chi connectivity index (χ2n) is 2.17. The summed E-state index contributed by atoms with van der Waals surface area (Å²) < 4.78 is 8.73. The molecule has 0 saturated heterocycles. The van der Waals surface area contributed by atoms with Crippen LogP contribution >= 0.6 is 11.6 Å². The van der Waals surface area contributed by atoms with Gasteiger partial charge in [0.2, 0.25) is 6.79 Å². The minimum absolute atomic E-state index is 0.276. The van der Waals surface area contributed by atoms with Crippen molar-refractivity contribution in [3.05, 3.63) is 30.1 Å². The van der Waals surface area contributed by atoms with Crippen LogP contribution in [-0.2, 0) is 9.47 Å². The maximum atomic E-state index is 11.1. The summed E-state index contributed by atoms with van der Waals surface area (Å²) in [4.78, 5) is 24.9. The third-order valence-corrected chi connectivity index (χ3v) is 1.37.